The molecule has 1 heterocycles. The second-order valence-corrected chi connectivity index (χ2v) is 4.81. The second kappa shape index (κ2) is 3.42. The summed E-state index contributed by atoms with van der Waals surface area (Å²) < 4.78 is 5.05. The first-order valence-electron chi connectivity index (χ1n) is 4.54. The molecule has 4 heteroatoms. The zero-order chi connectivity index (χ0) is 9.31. The highest BCUT2D eigenvalue weighted by Gasteiger charge is 2.44. The molecule has 1 aliphatic heterocycles. The molecule has 0 atom stereocenters. The Morgan fingerprint density at radius 2 is 2.31 bits per heavy atom. The number of hydrogen-bond donors (Lipinski definition) is 0. The van der Waals surface area contributed by atoms with Gasteiger partial charge in [-0.3, -0.25) is 4.79 Å². The maximum Gasteiger partial charge on any atom is 0.262 e. The third-order valence-electron chi connectivity index (χ3n) is 2.91. The number of thioether (sulfide) groups is 1. The van der Waals surface area contributed by atoms with Crippen molar-refractivity contribution in [2.75, 3.05) is 7.11 Å². The molecule has 1 aliphatic carbocycles. The maximum atomic E-state index is 11.5. The van der Waals surface area contributed by atoms with Gasteiger partial charge in [0.05, 0.1) is 11.7 Å². The molecule has 0 aromatic rings. The van der Waals surface area contributed by atoms with Gasteiger partial charge in [0.15, 0.2) is 0 Å². The zero-order valence-corrected chi connectivity index (χ0v) is 8.47. The molecule has 1 saturated carbocycles. The number of methoxy groups -OCH3 is 1. The van der Waals surface area contributed by atoms with Crippen molar-refractivity contribution in [3.8, 4) is 0 Å². The van der Waals surface area contributed by atoms with E-state index in [2.05, 4.69) is 4.99 Å². The number of aliphatic imine (C=N–C) groups is 1. The number of carbonyl (C=O) groups is 1. The van der Waals surface area contributed by atoms with Gasteiger partial charge >= 0.3 is 0 Å². The van der Waals surface area contributed by atoms with Gasteiger partial charge in [-0.1, -0.05) is 11.8 Å². The van der Waals surface area contributed by atoms with E-state index in [1.165, 1.54) is 0 Å². The SMILES string of the molecule is COC1CCC2(CC1)SC=NC2=O. The Morgan fingerprint density at radius 1 is 1.62 bits per heavy atom. The summed E-state index contributed by atoms with van der Waals surface area (Å²) in [7, 11) is 1.74. The van der Waals surface area contributed by atoms with Crippen molar-refractivity contribution in [2.24, 2.45) is 4.99 Å². The van der Waals surface area contributed by atoms with Crippen LogP contribution in [0.25, 0.3) is 0 Å². The van der Waals surface area contributed by atoms with Crippen LogP contribution in [0.1, 0.15) is 25.7 Å². The fraction of sp³-hybridized carbons (Fsp3) is 0.778. The van der Waals surface area contributed by atoms with Crippen LogP contribution in [-0.4, -0.2) is 29.4 Å². The molecular formula is C9H13NO2S. The molecular weight excluding hydrogens is 186 g/mol. The lowest BCUT2D eigenvalue weighted by Crippen LogP contribution is -2.37. The van der Waals surface area contributed by atoms with E-state index in [0.717, 1.165) is 25.7 Å². The van der Waals surface area contributed by atoms with Crippen molar-refractivity contribution >= 4 is 23.2 Å². The minimum atomic E-state index is -0.213. The predicted octanol–water partition coefficient (Wildman–Crippen LogP) is 1.62. The summed E-state index contributed by atoms with van der Waals surface area (Å²) in [4.78, 5) is 15.3. The Hall–Kier alpha value is -0.350. The van der Waals surface area contributed by atoms with Crippen LogP contribution in [0.2, 0.25) is 0 Å². The van der Waals surface area contributed by atoms with Gasteiger partial charge in [-0.15, -0.1) is 0 Å². The lowest BCUT2D eigenvalue weighted by Gasteiger charge is -2.33. The van der Waals surface area contributed by atoms with Gasteiger partial charge in [-0.2, -0.15) is 0 Å². The largest absolute Gasteiger partial charge is 0.381 e. The summed E-state index contributed by atoms with van der Waals surface area (Å²) >= 11 is 1.59. The smallest absolute Gasteiger partial charge is 0.262 e. The summed E-state index contributed by atoms with van der Waals surface area (Å²) in [5.41, 5.74) is 1.69. The van der Waals surface area contributed by atoms with Gasteiger partial charge in [-0.25, -0.2) is 4.99 Å². The normalized spacial score (nSPS) is 38.8. The number of ether oxygens (including phenoxy) is 1. The molecule has 13 heavy (non-hydrogen) atoms. The maximum absolute atomic E-state index is 11.5. The van der Waals surface area contributed by atoms with Gasteiger partial charge in [0, 0.05) is 7.11 Å². The van der Waals surface area contributed by atoms with E-state index in [-0.39, 0.29) is 10.7 Å². The monoisotopic (exact) mass is 199 g/mol. The van der Waals surface area contributed by atoms with E-state index < -0.39 is 0 Å². The average Bonchev–Trinajstić information content (AvgIpc) is 2.50. The fourth-order valence-corrected chi connectivity index (χ4v) is 2.94. The lowest BCUT2D eigenvalue weighted by molar-refractivity contribution is -0.121. The Kier molecular flexibility index (Phi) is 2.43. The molecule has 0 radical (unpaired) electrons. The third-order valence-corrected chi connectivity index (χ3v) is 4.16. The first kappa shape index (κ1) is 9.21. The molecule has 2 aliphatic rings. The van der Waals surface area contributed by atoms with Crippen LogP contribution in [0.15, 0.2) is 4.99 Å². The molecule has 0 aromatic heterocycles. The van der Waals surface area contributed by atoms with E-state index in [1.807, 2.05) is 0 Å². The van der Waals surface area contributed by atoms with Crippen molar-refractivity contribution in [3.63, 3.8) is 0 Å². The van der Waals surface area contributed by atoms with Gasteiger partial charge in [0.2, 0.25) is 0 Å². The zero-order valence-electron chi connectivity index (χ0n) is 7.66. The number of carbonyl (C=O) groups excluding carboxylic acids is 1. The van der Waals surface area contributed by atoms with Crippen LogP contribution in [0.5, 0.6) is 0 Å². The number of rotatable bonds is 1. The molecule has 72 valence electrons. The van der Waals surface area contributed by atoms with E-state index in [4.69, 9.17) is 4.74 Å². The molecule has 1 spiro atoms. The van der Waals surface area contributed by atoms with Gasteiger partial charge in [0.1, 0.15) is 4.75 Å². The first-order valence-corrected chi connectivity index (χ1v) is 5.42. The first-order chi connectivity index (χ1) is 6.27. The summed E-state index contributed by atoms with van der Waals surface area (Å²) in [5, 5.41) is 0. The average molecular weight is 199 g/mol. The van der Waals surface area contributed by atoms with Crippen molar-refractivity contribution in [1.82, 2.24) is 0 Å². The number of nitrogens with zero attached hydrogens (tertiary/aromatic N) is 1. The summed E-state index contributed by atoms with van der Waals surface area (Å²) in [6, 6.07) is 0. The highest BCUT2D eigenvalue weighted by atomic mass is 32.2. The summed E-state index contributed by atoms with van der Waals surface area (Å²) in [6.07, 6.45) is 4.14. The summed E-state index contributed by atoms with van der Waals surface area (Å²) in [6.45, 7) is 0. The molecule has 1 fully saturated rings. The molecule has 3 nitrogen and oxygen atoms in total. The molecule has 2 rings (SSSR count). The van der Waals surface area contributed by atoms with Crippen molar-refractivity contribution in [1.29, 1.82) is 0 Å². The molecule has 0 bridgehead atoms. The predicted molar refractivity (Wildman–Crippen MR) is 53.1 cm³/mol. The van der Waals surface area contributed by atoms with E-state index in [9.17, 15) is 4.79 Å². The highest BCUT2D eigenvalue weighted by Crippen LogP contribution is 2.43. The third kappa shape index (κ3) is 1.53. The van der Waals surface area contributed by atoms with E-state index in [0.29, 0.717) is 6.10 Å². The van der Waals surface area contributed by atoms with Gasteiger partial charge in [0.25, 0.3) is 5.91 Å². The lowest BCUT2D eigenvalue weighted by atomic mass is 9.86. The minimum Gasteiger partial charge on any atom is -0.381 e. The van der Waals surface area contributed by atoms with Crippen molar-refractivity contribution in [3.05, 3.63) is 0 Å². The Bertz CT molecular complexity index is 244. The van der Waals surface area contributed by atoms with Crippen LogP contribution in [0.4, 0.5) is 0 Å². The molecule has 1 amide bonds. The van der Waals surface area contributed by atoms with Crippen molar-refractivity contribution < 1.29 is 9.53 Å². The second-order valence-electron chi connectivity index (χ2n) is 3.59. The minimum absolute atomic E-state index is 0.0621. The van der Waals surface area contributed by atoms with Crippen LogP contribution in [0, 0.1) is 0 Å². The van der Waals surface area contributed by atoms with Crippen LogP contribution >= 0.6 is 11.8 Å². The Labute approximate surface area is 81.9 Å². The molecule has 0 N–H and O–H groups in total. The van der Waals surface area contributed by atoms with Gasteiger partial charge < -0.3 is 4.74 Å². The number of hydrogen-bond acceptors (Lipinski definition) is 3. The quantitative estimate of drug-likeness (QED) is 0.644. The van der Waals surface area contributed by atoms with Gasteiger partial charge in [-0.05, 0) is 25.7 Å². The topological polar surface area (TPSA) is 38.7 Å². The van der Waals surface area contributed by atoms with E-state index in [1.54, 1.807) is 24.4 Å². The van der Waals surface area contributed by atoms with Crippen LogP contribution < -0.4 is 0 Å². The fourth-order valence-electron chi connectivity index (χ4n) is 1.97. The number of amides is 1. The molecule has 0 saturated heterocycles. The van der Waals surface area contributed by atoms with E-state index >= 15 is 0 Å². The van der Waals surface area contributed by atoms with Crippen LogP contribution in [0.3, 0.4) is 0 Å². The molecule has 0 aromatic carbocycles. The molecule has 0 unspecified atom stereocenters. The Morgan fingerprint density at radius 3 is 2.77 bits per heavy atom. The Balaban J connectivity index is 2.01. The standard InChI is InChI=1S/C9H13NO2S/c1-12-7-2-4-9(5-3-7)8(11)10-6-13-9/h6-7H,2-5H2,1H3. The van der Waals surface area contributed by atoms with Crippen LogP contribution in [-0.2, 0) is 9.53 Å². The highest BCUT2D eigenvalue weighted by molar-refractivity contribution is 8.14. The van der Waals surface area contributed by atoms with Crippen molar-refractivity contribution in [2.45, 2.75) is 36.5 Å². The summed E-state index contributed by atoms with van der Waals surface area (Å²) in [5.74, 6) is 0.0621.